The van der Waals surface area contributed by atoms with Crippen LogP contribution in [0.15, 0.2) is 18.2 Å². The highest BCUT2D eigenvalue weighted by atomic mass is 19.1. The number of carboxylic acids is 1. The lowest BCUT2D eigenvalue weighted by Crippen LogP contribution is -2.46. The molecule has 128 valence electrons. The first-order valence-corrected chi connectivity index (χ1v) is 7.76. The lowest BCUT2D eigenvalue weighted by atomic mass is 10.1. The molecule has 1 aromatic carbocycles. The van der Waals surface area contributed by atoms with Crippen LogP contribution in [0.1, 0.15) is 5.56 Å². The van der Waals surface area contributed by atoms with E-state index in [1.54, 1.807) is 19.2 Å². The Labute approximate surface area is 135 Å². The average molecular weight is 325 g/mol. The van der Waals surface area contributed by atoms with Crippen LogP contribution in [0.2, 0.25) is 0 Å². The highest BCUT2D eigenvalue weighted by Crippen LogP contribution is 2.21. The van der Waals surface area contributed by atoms with E-state index in [1.807, 2.05) is 0 Å². The first-order valence-electron chi connectivity index (χ1n) is 7.76. The van der Waals surface area contributed by atoms with Crippen LogP contribution in [-0.4, -0.2) is 78.9 Å². The topological polar surface area (TPSA) is 67.3 Å². The molecule has 1 heterocycles. The lowest BCUT2D eigenvalue weighted by molar-refractivity contribution is -0.135. The molecule has 6 nitrogen and oxygen atoms in total. The number of aliphatic hydroxyl groups excluding tert-OH is 1. The number of aliphatic hydroxyl groups is 1. The molecule has 0 spiro atoms. The average Bonchev–Trinajstić information content (AvgIpc) is 2.50. The summed E-state index contributed by atoms with van der Waals surface area (Å²) in [7, 11) is 1.57. The van der Waals surface area contributed by atoms with Gasteiger partial charge in [0.05, 0.1) is 12.3 Å². The highest BCUT2D eigenvalue weighted by molar-refractivity contribution is 5.73. The van der Waals surface area contributed by atoms with Crippen LogP contribution in [-0.2, 0) is 11.3 Å². The zero-order valence-electron chi connectivity index (χ0n) is 13.4. The molecule has 0 radical (unpaired) electrons. The number of carboxylic acid groups (broad SMARTS) is 1. The molecule has 23 heavy (non-hydrogen) atoms. The molecule has 2 N–H and O–H groups in total. The van der Waals surface area contributed by atoms with E-state index in [2.05, 4.69) is 9.80 Å². The highest BCUT2D eigenvalue weighted by Gasteiger charge is 2.17. The number of piperazine rings is 1. The fourth-order valence-corrected chi connectivity index (χ4v) is 2.81. The summed E-state index contributed by atoms with van der Waals surface area (Å²) in [5.74, 6) is -1.40. The summed E-state index contributed by atoms with van der Waals surface area (Å²) in [4.78, 5) is 16.7. The third-order valence-corrected chi connectivity index (χ3v) is 4.08. The van der Waals surface area contributed by atoms with E-state index < -0.39 is 11.8 Å². The number of hydrogen-bond donors (Lipinski definition) is 2. The van der Waals surface area contributed by atoms with Crippen molar-refractivity contribution in [3.63, 3.8) is 0 Å². The predicted octanol–water partition coefficient (Wildman–Crippen LogP) is 0.456. The second kappa shape index (κ2) is 8.24. The van der Waals surface area contributed by atoms with E-state index in [-0.39, 0.29) is 13.2 Å². The number of aliphatic carboxylic acids is 1. The van der Waals surface area contributed by atoms with Gasteiger partial charge in [-0.15, -0.1) is 0 Å². The van der Waals surface area contributed by atoms with Crippen molar-refractivity contribution in [1.82, 2.24) is 9.80 Å². The van der Waals surface area contributed by atoms with Gasteiger partial charge in [-0.25, -0.2) is 4.39 Å². The maximum Gasteiger partial charge on any atom is 0.323 e. The molecule has 0 unspecified atom stereocenters. The van der Waals surface area contributed by atoms with E-state index in [0.29, 0.717) is 18.8 Å². The summed E-state index contributed by atoms with van der Waals surface area (Å²) in [5, 5.41) is 17.8. The van der Waals surface area contributed by atoms with Crippen LogP contribution >= 0.6 is 0 Å². The minimum atomic E-state index is -0.989. The van der Waals surface area contributed by atoms with E-state index in [0.717, 1.165) is 31.7 Å². The van der Waals surface area contributed by atoms with Crippen LogP contribution in [0.5, 0.6) is 0 Å². The summed E-state index contributed by atoms with van der Waals surface area (Å²) in [6.45, 7) is 4.98. The standard InChI is InChI=1S/C16H24FN3O3/c1-18(12-16(22)23)15-10-13(2-3-14(15)17)11-20-6-4-19(5-7-20)8-9-21/h2-3,10,21H,4-9,11-12H2,1H3,(H,22,23). The van der Waals surface area contributed by atoms with Crippen molar-refractivity contribution in [2.24, 2.45) is 0 Å². The first-order chi connectivity index (χ1) is 11.0. The zero-order chi connectivity index (χ0) is 16.8. The van der Waals surface area contributed by atoms with Crippen LogP contribution in [0, 0.1) is 5.82 Å². The number of halogens is 1. The summed E-state index contributed by atoms with van der Waals surface area (Å²) >= 11 is 0. The van der Waals surface area contributed by atoms with E-state index >= 15 is 0 Å². The molecule has 0 bridgehead atoms. The van der Waals surface area contributed by atoms with Crippen LogP contribution < -0.4 is 4.90 Å². The van der Waals surface area contributed by atoms with Gasteiger partial charge in [-0.05, 0) is 17.7 Å². The Morgan fingerprint density at radius 3 is 2.52 bits per heavy atom. The number of benzene rings is 1. The van der Waals surface area contributed by atoms with Gasteiger partial charge in [0.25, 0.3) is 0 Å². The van der Waals surface area contributed by atoms with Crippen molar-refractivity contribution in [2.75, 3.05) is 57.8 Å². The second-order valence-corrected chi connectivity index (χ2v) is 5.88. The normalized spacial score (nSPS) is 16.5. The Kier molecular flexibility index (Phi) is 6.32. The van der Waals surface area contributed by atoms with Crippen molar-refractivity contribution in [3.8, 4) is 0 Å². The van der Waals surface area contributed by atoms with Gasteiger partial charge in [-0.1, -0.05) is 6.07 Å². The summed E-state index contributed by atoms with van der Waals surface area (Å²) in [6.07, 6.45) is 0. The SMILES string of the molecule is CN(CC(=O)O)c1cc(CN2CCN(CCO)CC2)ccc1F. The van der Waals surface area contributed by atoms with Gasteiger partial charge in [-0.2, -0.15) is 0 Å². The minimum Gasteiger partial charge on any atom is -0.480 e. The third-order valence-electron chi connectivity index (χ3n) is 4.08. The molecule has 7 heteroatoms. The fourth-order valence-electron chi connectivity index (χ4n) is 2.81. The van der Waals surface area contributed by atoms with Crippen LogP contribution in [0.4, 0.5) is 10.1 Å². The smallest absolute Gasteiger partial charge is 0.323 e. The Morgan fingerprint density at radius 2 is 1.91 bits per heavy atom. The molecule has 0 aromatic heterocycles. The van der Waals surface area contributed by atoms with E-state index in [1.165, 1.54) is 11.0 Å². The van der Waals surface area contributed by atoms with Crippen LogP contribution in [0.25, 0.3) is 0 Å². The second-order valence-electron chi connectivity index (χ2n) is 5.88. The third kappa shape index (κ3) is 5.16. The van der Waals surface area contributed by atoms with E-state index in [9.17, 15) is 9.18 Å². The Morgan fingerprint density at radius 1 is 1.26 bits per heavy atom. The monoisotopic (exact) mass is 325 g/mol. The molecule has 1 aliphatic rings. The predicted molar refractivity (Wildman–Crippen MR) is 86.1 cm³/mol. The molecule has 2 rings (SSSR count). The molecule has 0 amide bonds. The fraction of sp³-hybridized carbons (Fsp3) is 0.562. The molecule has 0 aliphatic carbocycles. The molecule has 1 fully saturated rings. The molecule has 1 aromatic rings. The number of carbonyl (C=O) groups is 1. The van der Waals surface area contributed by atoms with Gasteiger partial charge in [0.2, 0.25) is 0 Å². The van der Waals surface area contributed by atoms with Gasteiger partial charge in [0, 0.05) is 46.3 Å². The molecular weight excluding hydrogens is 301 g/mol. The quantitative estimate of drug-likeness (QED) is 0.759. The summed E-state index contributed by atoms with van der Waals surface area (Å²) in [6, 6.07) is 4.86. The van der Waals surface area contributed by atoms with Gasteiger partial charge >= 0.3 is 5.97 Å². The van der Waals surface area contributed by atoms with Gasteiger partial charge < -0.3 is 15.1 Å². The molecule has 0 saturated carbocycles. The van der Waals surface area contributed by atoms with Crippen LogP contribution in [0.3, 0.4) is 0 Å². The maximum atomic E-state index is 13.9. The summed E-state index contributed by atoms with van der Waals surface area (Å²) in [5.41, 5.74) is 1.28. The number of nitrogens with zero attached hydrogens (tertiary/aromatic N) is 3. The molecular formula is C16H24FN3O3. The van der Waals surface area contributed by atoms with Gasteiger partial charge in [0.15, 0.2) is 0 Å². The molecule has 1 aliphatic heterocycles. The number of rotatable bonds is 7. The maximum absolute atomic E-state index is 13.9. The van der Waals surface area contributed by atoms with Crippen molar-refractivity contribution in [2.45, 2.75) is 6.54 Å². The number of anilines is 1. The lowest BCUT2D eigenvalue weighted by Gasteiger charge is -2.34. The minimum absolute atomic E-state index is 0.178. The Bertz CT molecular complexity index is 533. The zero-order valence-corrected chi connectivity index (χ0v) is 13.4. The number of hydrogen-bond acceptors (Lipinski definition) is 5. The number of likely N-dealkylation sites (N-methyl/N-ethyl adjacent to an activating group) is 1. The molecule has 1 saturated heterocycles. The molecule has 0 atom stereocenters. The van der Waals surface area contributed by atoms with Crippen molar-refractivity contribution >= 4 is 11.7 Å². The van der Waals surface area contributed by atoms with Crippen molar-refractivity contribution < 1.29 is 19.4 Å². The van der Waals surface area contributed by atoms with Crippen molar-refractivity contribution in [1.29, 1.82) is 0 Å². The van der Waals surface area contributed by atoms with E-state index in [4.69, 9.17) is 10.2 Å². The van der Waals surface area contributed by atoms with Gasteiger partial charge in [-0.3, -0.25) is 14.6 Å². The van der Waals surface area contributed by atoms with Crippen molar-refractivity contribution in [3.05, 3.63) is 29.6 Å². The first kappa shape index (κ1) is 17.7. The number of β-amino-alcohol motifs (C(OH)–C–C–N with tert-alkyl or cyclic N) is 1. The Balaban J connectivity index is 1.97. The summed E-state index contributed by atoms with van der Waals surface area (Å²) < 4.78 is 13.9. The Hall–Kier alpha value is -1.70. The van der Waals surface area contributed by atoms with Gasteiger partial charge in [0.1, 0.15) is 12.4 Å². The largest absolute Gasteiger partial charge is 0.480 e.